The Morgan fingerprint density at radius 2 is 1.61 bits per heavy atom. The van der Waals surface area contributed by atoms with Gasteiger partial charge in [0.05, 0.1) is 10.7 Å². The van der Waals surface area contributed by atoms with E-state index in [1.807, 2.05) is 44.2 Å². The van der Waals surface area contributed by atoms with Gasteiger partial charge in [0.15, 0.2) is 0 Å². The molecule has 2 N–H and O–H groups in total. The number of nitro benzene ring substituents is 1. The smallest absolute Gasteiger partial charge is 0.269 e. The average Bonchev–Trinajstić information content (AvgIpc) is 2.76. The van der Waals surface area contributed by atoms with Crippen molar-refractivity contribution in [2.45, 2.75) is 18.7 Å². The Labute approximate surface area is 184 Å². The Hall–Kier alpha value is -3.65. The quantitative estimate of drug-likeness (QED) is 0.302. The number of nitrogens with one attached hydrogen (secondary N) is 2. The Kier molecular flexibility index (Phi) is 7.04. The fraction of sp³-hybridized carbons (Fsp3) is 0.130. The fourth-order valence-electron chi connectivity index (χ4n) is 2.78. The number of carbonyl (C=O) groups excluding carboxylic acids is 2. The lowest BCUT2D eigenvalue weighted by molar-refractivity contribution is -0.384. The van der Waals surface area contributed by atoms with Gasteiger partial charge in [-0.2, -0.15) is 0 Å². The van der Waals surface area contributed by atoms with Crippen LogP contribution in [0.3, 0.4) is 0 Å². The van der Waals surface area contributed by atoms with Crippen LogP contribution in [0.1, 0.15) is 21.5 Å². The SMILES string of the molecule is Cc1ccc(C)c(NC(=O)CSc2ccc(NC(=O)c3ccc([N+](=O)[O-])cc3)cc2)c1. The molecule has 158 valence electrons. The summed E-state index contributed by atoms with van der Waals surface area (Å²) in [6.07, 6.45) is 0. The Balaban J connectivity index is 1.52. The van der Waals surface area contributed by atoms with Crippen LogP contribution in [-0.2, 0) is 4.79 Å². The molecule has 3 rings (SSSR count). The van der Waals surface area contributed by atoms with Gasteiger partial charge in [-0.05, 0) is 67.4 Å². The molecule has 3 aromatic carbocycles. The van der Waals surface area contributed by atoms with E-state index in [0.717, 1.165) is 21.7 Å². The van der Waals surface area contributed by atoms with Crippen LogP contribution >= 0.6 is 11.8 Å². The number of rotatable bonds is 7. The number of anilines is 2. The minimum absolute atomic E-state index is 0.0699. The molecular weight excluding hydrogens is 414 g/mol. The average molecular weight is 436 g/mol. The lowest BCUT2D eigenvalue weighted by Gasteiger charge is -2.10. The number of amides is 2. The third kappa shape index (κ3) is 6.16. The van der Waals surface area contributed by atoms with Gasteiger partial charge >= 0.3 is 0 Å². The number of non-ortho nitro benzene ring substituents is 1. The van der Waals surface area contributed by atoms with E-state index in [1.54, 1.807) is 12.1 Å². The van der Waals surface area contributed by atoms with Gasteiger partial charge in [0.25, 0.3) is 11.6 Å². The minimum atomic E-state index is -0.513. The number of hydrogen-bond acceptors (Lipinski definition) is 5. The van der Waals surface area contributed by atoms with Gasteiger partial charge in [-0.15, -0.1) is 11.8 Å². The van der Waals surface area contributed by atoms with E-state index >= 15 is 0 Å². The molecule has 0 aliphatic carbocycles. The molecule has 0 unspecified atom stereocenters. The van der Waals surface area contributed by atoms with E-state index in [0.29, 0.717) is 11.3 Å². The maximum atomic E-state index is 12.3. The second kappa shape index (κ2) is 9.90. The van der Waals surface area contributed by atoms with E-state index in [-0.39, 0.29) is 23.3 Å². The first-order chi connectivity index (χ1) is 14.8. The zero-order valence-corrected chi connectivity index (χ0v) is 17.9. The molecule has 2 amide bonds. The minimum Gasteiger partial charge on any atom is -0.325 e. The molecule has 0 bridgehead atoms. The lowest BCUT2D eigenvalue weighted by Crippen LogP contribution is -2.15. The van der Waals surface area contributed by atoms with Gasteiger partial charge in [0.1, 0.15) is 0 Å². The number of nitrogens with zero attached hydrogens (tertiary/aromatic N) is 1. The zero-order valence-electron chi connectivity index (χ0n) is 17.0. The molecule has 31 heavy (non-hydrogen) atoms. The first kappa shape index (κ1) is 22.0. The van der Waals surface area contributed by atoms with Crippen LogP contribution in [0.5, 0.6) is 0 Å². The molecule has 0 fully saturated rings. The summed E-state index contributed by atoms with van der Waals surface area (Å²) >= 11 is 1.40. The van der Waals surface area contributed by atoms with Crippen LogP contribution in [-0.4, -0.2) is 22.5 Å². The van der Waals surface area contributed by atoms with Gasteiger partial charge in [0.2, 0.25) is 5.91 Å². The lowest BCUT2D eigenvalue weighted by atomic mass is 10.1. The van der Waals surface area contributed by atoms with Crippen LogP contribution < -0.4 is 10.6 Å². The summed E-state index contributed by atoms with van der Waals surface area (Å²) in [7, 11) is 0. The summed E-state index contributed by atoms with van der Waals surface area (Å²) in [5.41, 5.74) is 3.76. The maximum absolute atomic E-state index is 12.3. The maximum Gasteiger partial charge on any atom is 0.269 e. The van der Waals surface area contributed by atoms with Crippen molar-refractivity contribution in [2.75, 3.05) is 16.4 Å². The second-order valence-corrected chi connectivity index (χ2v) is 7.99. The number of benzene rings is 3. The van der Waals surface area contributed by atoms with Crippen molar-refractivity contribution >= 4 is 40.6 Å². The number of nitro groups is 1. The van der Waals surface area contributed by atoms with E-state index in [2.05, 4.69) is 10.6 Å². The highest BCUT2D eigenvalue weighted by molar-refractivity contribution is 8.00. The molecule has 0 aliphatic heterocycles. The van der Waals surface area contributed by atoms with E-state index in [1.165, 1.54) is 36.0 Å². The van der Waals surface area contributed by atoms with E-state index in [4.69, 9.17) is 0 Å². The monoisotopic (exact) mass is 435 g/mol. The summed E-state index contributed by atoms with van der Waals surface area (Å²) in [5.74, 6) is -0.181. The van der Waals surface area contributed by atoms with Gasteiger partial charge in [-0.1, -0.05) is 12.1 Å². The third-order valence-electron chi connectivity index (χ3n) is 4.49. The summed E-state index contributed by atoms with van der Waals surface area (Å²) in [6, 6.07) is 18.4. The van der Waals surface area contributed by atoms with E-state index in [9.17, 15) is 19.7 Å². The molecule has 8 heteroatoms. The Morgan fingerprint density at radius 3 is 2.26 bits per heavy atom. The van der Waals surface area contributed by atoms with Gasteiger partial charge in [-0.3, -0.25) is 19.7 Å². The van der Waals surface area contributed by atoms with Gasteiger partial charge in [0, 0.05) is 34.0 Å². The molecule has 0 heterocycles. The normalized spacial score (nSPS) is 10.4. The predicted molar refractivity (Wildman–Crippen MR) is 123 cm³/mol. The van der Waals surface area contributed by atoms with E-state index < -0.39 is 4.92 Å². The van der Waals surface area contributed by atoms with Crippen LogP contribution in [0.25, 0.3) is 0 Å². The number of carbonyl (C=O) groups is 2. The van der Waals surface area contributed by atoms with Crippen molar-refractivity contribution in [2.24, 2.45) is 0 Å². The Bertz CT molecular complexity index is 1110. The fourth-order valence-corrected chi connectivity index (χ4v) is 3.48. The second-order valence-electron chi connectivity index (χ2n) is 6.94. The summed E-state index contributed by atoms with van der Waals surface area (Å²) in [6.45, 7) is 3.93. The third-order valence-corrected chi connectivity index (χ3v) is 5.50. The van der Waals surface area contributed by atoms with Crippen molar-refractivity contribution in [3.05, 3.63) is 93.5 Å². The van der Waals surface area contributed by atoms with Crippen molar-refractivity contribution in [3.8, 4) is 0 Å². The van der Waals surface area contributed by atoms with Crippen LogP contribution in [0.2, 0.25) is 0 Å². The molecule has 3 aromatic rings. The molecule has 0 radical (unpaired) electrons. The standard InChI is InChI=1S/C23H21N3O4S/c1-15-3-4-16(2)21(13-15)25-22(27)14-31-20-11-7-18(8-12-20)24-23(28)17-5-9-19(10-6-17)26(29)30/h3-13H,14H2,1-2H3,(H,24,28)(H,25,27). The molecule has 0 spiro atoms. The highest BCUT2D eigenvalue weighted by Crippen LogP contribution is 2.22. The van der Waals surface area contributed by atoms with Crippen molar-refractivity contribution < 1.29 is 14.5 Å². The highest BCUT2D eigenvalue weighted by atomic mass is 32.2. The molecule has 7 nitrogen and oxygen atoms in total. The van der Waals surface area contributed by atoms with Crippen LogP contribution in [0, 0.1) is 24.0 Å². The number of thioether (sulfide) groups is 1. The molecular formula is C23H21N3O4S. The predicted octanol–water partition coefficient (Wildman–Crippen LogP) is 5.19. The van der Waals surface area contributed by atoms with Crippen LogP contribution in [0.15, 0.2) is 71.6 Å². The highest BCUT2D eigenvalue weighted by Gasteiger charge is 2.10. The van der Waals surface area contributed by atoms with Crippen molar-refractivity contribution in [3.63, 3.8) is 0 Å². The molecule has 0 atom stereocenters. The molecule has 0 saturated heterocycles. The van der Waals surface area contributed by atoms with Crippen LogP contribution in [0.4, 0.5) is 17.1 Å². The largest absolute Gasteiger partial charge is 0.325 e. The van der Waals surface area contributed by atoms with Gasteiger partial charge in [-0.25, -0.2) is 0 Å². The van der Waals surface area contributed by atoms with Gasteiger partial charge < -0.3 is 10.6 Å². The summed E-state index contributed by atoms with van der Waals surface area (Å²) in [4.78, 5) is 35.6. The molecule has 0 aromatic heterocycles. The first-order valence-corrected chi connectivity index (χ1v) is 10.5. The first-order valence-electron chi connectivity index (χ1n) is 9.47. The van der Waals surface area contributed by atoms with Crippen molar-refractivity contribution in [1.82, 2.24) is 0 Å². The topological polar surface area (TPSA) is 101 Å². The number of aryl methyl sites for hydroxylation is 2. The Morgan fingerprint density at radius 1 is 0.935 bits per heavy atom. The van der Waals surface area contributed by atoms with Crippen molar-refractivity contribution in [1.29, 1.82) is 0 Å². The zero-order chi connectivity index (χ0) is 22.4. The number of hydrogen-bond donors (Lipinski definition) is 2. The molecule has 0 saturated carbocycles. The molecule has 0 aliphatic rings. The summed E-state index contributed by atoms with van der Waals surface area (Å²) in [5, 5.41) is 16.4. The summed E-state index contributed by atoms with van der Waals surface area (Å²) < 4.78 is 0.